The lowest BCUT2D eigenvalue weighted by Crippen LogP contribution is -2.11. The van der Waals surface area contributed by atoms with E-state index in [-0.39, 0.29) is 13.2 Å². The molecule has 2 unspecified atom stereocenters. The maximum atomic E-state index is 12.3. The van der Waals surface area contributed by atoms with E-state index in [1.807, 2.05) is 48.5 Å². The van der Waals surface area contributed by atoms with Crippen molar-refractivity contribution in [3.8, 4) is 0 Å². The van der Waals surface area contributed by atoms with E-state index in [0.29, 0.717) is 24.3 Å². The first-order valence-electron chi connectivity index (χ1n) is 9.01. The Morgan fingerprint density at radius 1 is 0.759 bits per heavy atom. The predicted octanol–water partition coefficient (Wildman–Crippen LogP) is 4.01. The second-order valence-electron chi connectivity index (χ2n) is 6.93. The molecule has 2 N–H and O–H groups in total. The van der Waals surface area contributed by atoms with Crippen LogP contribution in [0.3, 0.4) is 0 Å². The fourth-order valence-corrected chi connectivity index (χ4v) is 6.38. The highest BCUT2D eigenvalue weighted by molar-refractivity contribution is 7.70. The molecule has 10 heteroatoms. The van der Waals surface area contributed by atoms with Gasteiger partial charge in [0, 0.05) is 24.3 Å². The van der Waals surface area contributed by atoms with E-state index in [0.717, 1.165) is 22.5 Å². The molecular weight excluding hydrogens is 414 g/mol. The van der Waals surface area contributed by atoms with Gasteiger partial charge in [-0.15, -0.1) is 0 Å². The van der Waals surface area contributed by atoms with Crippen LogP contribution in [0.5, 0.6) is 0 Å². The second kappa shape index (κ2) is 8.07. The van der Waals surface area contributed by atoms with E-state index < -0.39 is 21.1 Å². The Morgan fingerprint density at radius 2 is 1.17 bits per heavy atom. The van der Waals surface area contributed by atoms with Gasteiger partial charge in [0.05, 0.1) is 24.6 Å². The highest BCUT2D eigenvalue weighted by Crippen LogP contribution is 2.58. The molecule has 0 radical (unpaired) electrons. The SMILES string of the molecule is O=P(O)(CP(=O)(O)OCC1=Nc2ccccc2C1)OCC1=Nc2ccccc2C1. The largest absolute Gasteiger partial charge is 0.340 e. The summed E-state index contributed by atoms with van der Waals surface area (Å²) in [6.07, 6.45) is 1.04. The summed E-state index contributed by atoms with van der Waals surface area (Å²) in [6, 6.07) is 15.0. The molecule has 0 aromatic heterocycles. The van der Waals surface area contributed by atoms with Crippen LogP contribution in [0.1, 0.15) is 11.1 Å². The smallest absolute Gasteiger partial charge is 0.324 e. The van der Waals surface area contributed by atoms with Gasteiger partial charge >= 0.3 is 15.2 Å². The monoisotopic (exact) mass is 434 g/mol. The van der Waals surface area contributed by atoms with Crippen molar-refractivity contribution in [1.82, 2.24) is 0 Å². The van der Waals surface area contributed by atoms with Crippen LogP contribution < -0.4 is 0 Å². The van der Waals surface area contributed by atoms with Crippen LogP contribution in [0.2, 0.25) is 0 Å². The lowest BCUT2D eigenvalue weighted by atomic mass is 10.1. The fourth-order valence-electron chi connectivity index (χ4n) is 3.22. The van der Waals surface area contributed by atoms with Crippen LogP contribution in [0.4, 0.5) is 11.4 Å². The number of nitrogens with zero attached hydrogens (tertiary/aromatic N) is 2. The molecule has 2 aromatic carbocycles. The van der Waals surface area contributed by atoms with E-state index in [2.05, 4.69) is 9.98 Å². The molecule has 0 fully saturated rings. The van der Waals surface area contributed by atoms with Crippen LogP contribution in [0, 0.1) is 0 Å². The highest BCUT2D eigenvalue weighted by Gasteiger charge is 2.35. The van der Waals surface area contributed by atoms with Gasteiger partial charge in [-0.3, -0.25) is 19.1 Å². The first-order chi connectivity index (χ1) is 13.8. The minimum absolute atomic E-state index is 0.190. The molecule has 0 spiro atoms. The molecule has 4 rings (SSSR count). The Balaban J connectivity index is 1.28. The molecule has 2 aliphatic rings. The first-order valence-corrected chi connectivity index (χ1v) is 12.5. The van der Waals surface area contributed by atoms with E-state index in [1.165, 1.54) is 0 Å². The lowest BCUT2D eigenvalue weighted by molar-refractivity contribution is 0.279. The Bertz CT molecular complexity index is 1010. The molecule has 152 valence electrons. The number of fused-ring (bicyclic) bond motifs is 2. The Morgan fingerprint density at radius 3 is 1.59 bits per heavy atom. The van der Waals surface area contributed by atoms with Crippen molar-refractivity contribution in [2.24, 2.45) is 9.98 Å². The van der Waals surface area contributed by atoms with Crippen LogP contribution in [-0.4, -0.2) is 40.3 Å². The minimum atomic E-state index is -4.34. The standard InChI is InChI=1S/C19H20N2O6P2/c22-28(23,26-11-16-9-14-5-1-3-7-18(14)20-16)13-29(24,25)27-12-17-10-15-6-2-4-8-19(15)21-17/h1-8H,9-13H2,(H,22,23)(H,24,25). The van der Waals surface area contributed by atoms with Crippen LogP contribution in [0.25, 0.3) is 0 Å². The number of aliphatic imine (C=N–C) groups is 2. The van der Waals surface area contributed by atoms with Crippen molar-refractivity contribution in [3.05, 3.63) is 59.7 Å². The summed E-state index contributed by atoms with van der Waals surface area (Å²) < 4.78 is 34.6. The van der Waals surface area contributed by atoms with Gasteiger partial charge in [0.15, 0.2) is 5.90 Å². The number of para-hydroxylation sites is 2. The normalized spacial score (nSPS) is 19.0. The Kier molecular flexibility index (Phi) is 5.67. The summed E-state index contributed by atoms with van der Waals surface area (Å²) in [4.78, 5) is 28.7. The minimum Gasteiger partial charge on any atom is -0.324 e. The summed E-state index contributed by atoms with van der Waals surface area (Å²) in [5, 5.41) is 0. The van der Waals surface area contributed by atoms with Gasteiger partial charge in [-0.25, -0.2) is 0 Å². The first kappa shape index (κ1) is 20.4. The van der Waals surface area contributed by atoms with Gasteiger partial charge in [-0.1, -0.05) is 36.4 Å². The van der Waals surface area contributed by atoms with Gasteiger partial charge in [0.1, 0.15) is 0 Å². The zero-order chi connectivity index (χ0) is 20.5. The van der Waals surface area contributed by atoms with Gasteiger partial charge in [0.25, 0.3) is 0 Å². The highest BCUT2D eigenvalue weighted by atomic mass is 31.2. The van der Waals surface area contributed by atoms with Crippen molar-refractivity contribution < 1.29 is 28.0 Å². The summed E-state index contributed by atoms with van der Waals surface area (Å²) >= 11 is 0. The zero-order valence-electron chi connectivity index (χ0n) is 15.5. The van der Waals surface area contributed by atoms with Crippen LogP contribution >= 0.6 is 15.2 Å². The number of rotatable bonds is 8. The van der Waals surface area contributed by atoms with Gasteiger partial charge < -0.3 is 18.8 Å². The third-order valence-corrected chi connectivity index (χ3v) is 8.48. The number of hydrogen-bond acceptors (Lipinski definition) is 6. The van der Waals surface area contributed by atoms with E-state index in [9.17, 15) is 18.9 Å². The van der Waals surface area contributed by atoms with Crippen molar-refractivity contribution in [1.29, 1.82) is 0 Å². The molecule has 2 atom stereocenters. The van der Waals surface area contributed by atoms with Crippen LogP contribution in [0.15, 0.2) is 58.5 Å². The molecule has 8 nitrogen and oxygen atoms in total. The quantitative estimate of drug-likeness (QED) is 0.607. The molecule has 2 heterocycles. The lowest BCUT2D eigenvalue weighted by Gasteiger charge is -2.16. The van der Waals surface area contributed by atoms with E-state index >= 15 is 0 Å². The number of hydrogen-bond donors (Lipinski definition) is 2. The topological polar surface area (TPSA) is 118 Å². The summed E-state index contributed by atoms with van der Waals surface area (Å²) in [7, 11) is -8.68. The average molecular weight is 434 g/mol. The maximum Gasteiger partial charge on any atom is 0.340 e. The molecule has 2 aromatic rings. The maximum absolute atomic E-state index is 12.3. The molecule has 0 saturated carbocycles. The van der Waals surface area contributed by atoms with Gasteiger partial charge in [-0.2, -0.15) is 0 Å². The van der Waals surface area contributed by atoms with E-state index in [4.69, 9.17) is 9.05 Å². The molecule has 0 amide bonds. The molecule has 0 aliphatic carbocycles. The predicted molar refractivity (Wildman–Crippen MR) is 111 cm³/mol. The summed E-state index contributed by atoms with van der Waals surface area (Å²) in [5.41, 5.74) is 4.79. The third-order valence-electron chi connectivity index (χ3n) is 4.55. The molecule has 2 aliphatic heterocycles. The second-order valence-corrected chi connectivity index (χ2v) is 11.1. The Labute approximate surface area is 168 Å². The molecule has 0 saturated heterocycles. The van der Waals surface area contributed by atoms with Gasteiger partial charge in [-0.05, 0) is 23.3 Å². The Hall–Kier alpha value is -1.92. The summed E-state index contributed by atoms with van der Waals surface area (Å²) in [5.74, 6) is -0.986. The fraction of sp³-hybridized carbons (Fsp3) is 0.263. The zero-order valence-corrected chi connectivity index (χ0v) is 17.3. The number of benzene rings is 2. The molecule has 0 bridgehead atoms. The summed E-state index contributed by atoms with van der Waals surface area (Å²) in [6.45, 7) is -0.380. The molecule has 29 heavy (non-hydrogen) atoms. The van der Waals surface area contributed by atoms with Crippen molar-refractivity contribution >= 4 is 38.0 Å². The van der Waals surface area contributed by atoms with Crippen molar-refractivity contribution in [2.75, 3.05) is 19.1 Å². The van der Waals surface area contributed by atoms with Crippen molar-refractivity contribution in [2.45, 2.75) is 12.8 Å². The van der Waals surface area contributed by atoms with E-state index in [1.54, 1.807) is 0 Å². The van der Waals surface area contributed by atoms with Crippen molar-refractivity contribution in [3.63, 3.8) is 0 Å². The van der Waals surface area contributed by atoms with Crippen LogP contribution in [-0.2, 0) is 31.0 Å². The average Bonchev–Trinajstić information content (AvgIpc) is 3.27. The van der Waals surface area contributed by atoms with Gasteiger partial charge in [0.2, 0.25) is 0 Å². The molecular formula is C19H20N2O6P2. The third kappa shape index (κ3) is 5.17.